The summed E-state index contributed by atoms with van der Waals surface area (Å²) in [5.41, 5.74) is 1.02. The predicted octanol–water partition coefficient (Wildman–Crippen LogP) is 2.00. The van der Waals surface area contributed by atoms with E-state index >= 15 is 0 Å². The van der Waals surface area contributed by atoms with Crippen molar-refractivity contribution >= 4 is 17.0 Å². The summed E-state index contributed by atoms with van der Waals surface area (Å²) in [5.74, 6) is 0.510. The van der Waals surface area contributed by atoms with Crippen LogP contribution in [0.5, 0.6) is 5.75 Å². The number of anilines is 1. The average molecular weight is 339 g/mol. The van der Waals surface area contributed by atoms with Gasteiger partial charge in [0.05, 0.1) is 18.6 Å². The molecule has 2 aromatic heterocycles. The molecule has 1 aliphatic heterocycles. The molecular formula is C18H17N3O4. The molecule has 3 heterocycles. The quantitative estimate of drug-likeness (QED) is 0.719. The molecule has 4 rings (SSSR count). The maximum Gasteiger partial charge on any atom is 0.301 e. The molecule has 128 valence electrons. The summed E-state index contributed by atoms with van der Waals surface area (Å²) in [6, 6.07) is 9.31. The van der Waals surface area contributed by atoms with E-state index in [0.717, 1.165) is 5.56 Å². The molecule has 1 fully saturated rings. The van der Waals surface area contributed by atoms with Gasteiger partial charge >= 0.3 is 6.01 Å². The topological polar surface area (TPSA) is 77.7 Å². The van der Waals surface area contributed by atoms with E-state index in [9.17, 15) is 4.79 Å². The monoisotopic (exact) mass is 339 g/mol. The molecule has 0 bridgehead atoms. The summed E-state index contributed by atoms with van der Waals surface area (Å²) in [4.78, 5) is 22.4. The second kappa shape index (κ2) is 6.90. The van der Waals surface area contributed by atoms with Crippen molar-refractivity contribution in [1.82, 2.24) is 9.97 Å². The third-order valence-electron chi connectivity index (χ3n) is 4.00. The first-order valence-electron chi connectivity index (χ1n) is 8.09. The third kappa shape index (κ3) is 3.32. The Kier molecular flexibility index (Phi) is 4.30. The summed E-state index contributed by atoms with van der Waals surface area (Å²) in [6.07, 6.45) is 3.45. The Morgan fingerprint density at radius 2 is 2.04 bits per heavy atom. The average Bonchev–Trinajstić information content (AvgIpc) is 2.68. The highest BCUT2D eigenvalue weighted by Crippen LogP contribution is 2.27. The van der Waals surface area contributed by atoms with E-state index in [2.05, 4.69) is 9.97 Å². The van der Waals surface area contributed by atoms with Gasteiger partial charge in [-0.25, -0.2) is 0 Å². The van der Waals surface area contributed by atoms with Gasteiger partial charge in [0, 0.05) is 31.0 Å². The highest BCUT2D eigenvalue weighted by Gasteiger charge is 2.18. The summed E-state index contributed by atoms with van der Waals surface area (Å²) in [5, 5.41) is 0.403. The van der Waals surface area contributed by atoms with Crippen LogP contribution >= 0.6 is 0 Å². The Morgan fingerprint density at radius 1 is 1.16 bits per heavy atom. The molecule has 0 amide bonds. The number of aromatic nitrogens is 2. The van der Waals surface area contributed by atoms with Crippen LogP contribution in [-0.2, 0) is 11.3 Å². The number of hydrogen-bond donors (Lipinski definition) is 0. The third-order valence-corrected chi connectivity index (χ3v) is 4.00. The molecule has 0 N–H and O–H groups in total. The minimum Gasteiger partial charge on any atom is -0.485 e. The fourth-order valence-corrected chi connectivity index (χ4v) is 2.70. The summed E-state index contributed by atoms with van der Waals surface area (Å²) < 4.78 is 17.1. The molecule has 3 aromatic rings. The van der Waals surface area contributed by atoms with Crippen LogP contribution in [0.15, 0.2) is 51.9 Å². The molecule has 0 spiro atoms. The number of ether oxygens (including phenoxy) is 2. The summed E-state index contributed by atoms with van der Waals surface area (Å²) >= 11 is 0. The maximum atomic E-state index is 12.4. The van der Waals surface area contributed by atoms with Crippen molar-refractivity contribution in [3.8, 4) is 5.75 Å². The van der Waals surface area contributed by atoms with Crippen LogP contribution in [-0.4, -0.2) is 36.3 Å². The van der Waals surface area contributed by atoms with Crippen LogP contribution in [0.2, 0.25) is 0 Å². The lowest BCUT2D eigenvalue weighted by Gasteiger charge is -2.26. The number of nitrogens with zero attached hydrogens (tertiary/aromatic N) is 3. The van der Waals surface area contributed by atoms with Gasteiger partial charge in [-0.15, -0.1) is 0 Å². The van der Waals surface area contributed by atoms with Crippen molar-refractivity contribution < 1.29 is 13.9 Å². The Bertz CT molecular complexity index is 921. The minimum atomic E-state index is -0.324. The zero-order valence-electron chi connectivity index (χ0n) is 13.6. The molecule has 0 radical (unpaired) electrons. The Hall–Kier alpha value is -2.93. The first-order valence-corrected chi connectivity index (χ1v) is 8.09. The molecule has 0 aliphatic carbocycles. The van der Waals surface area contributed by atoms with E-state index in [1.54, 1.807) is 30.6 Å². The molecule has 25 heavy (non-hydrogen) atoms. The number of morpholine rings is 1. The van der Waals surface area contributed by atoms with Gasteiger partial charge in [0.1, 0.15) is 6.61 Å². The highest BCUT2D eigenvalue weighted by molar-refractivity contribution is 5.82. The van der Waals surface area contributed by atoms with Gasteiger partial charge in [-0.1, -0.05) is 12.1 Å². The lowest BCUT2D eigenvalue weighted by Crippen LogP contribution is -2.37. The SMILES string of the molecule is O=c1nc(N2CCOCC2)oc2c(OCc3cccnc3)cccc12. The second-order valence-electron chi connectivity index (χ2n) is 5.68. The molecule has 0 atom stereocenters. The Balaban J connectivity index is 1.68. The van der Waals surface area contributed by atoms with Crippen molar-refractivity contribution in [1.29, 1.82) is 0 Å². The van der Waals surface area contributed by atoms with E-state index in [4.69, 9.17) is 13.9 Å². The standard InChI is InChI=1S/C18H17N3O4/c22-17-14-4-1-5-15(24-12-13-3-2-6-19-11-13)16(14)25-18(20-17)21-7-9-23-10-8-21/h1-6,11H,7-10,12H2. The highest BCUT2D eigenvalue weighted by atomic mass is 16.5. The van der Waals surface area contributed by atoms with Crippen LogP contribution < -0.4 is 15.2 Å². The summed E-state index contributed by atoms with van der Waals surface area (Å²) in [6.45, 7) is 2.79. The van der Waals surface area contributed by atoms with Crippen LogP contribution in [0, 0.1) is 0 Å². The number of fused-ring (bicyclic) bond motifs is 1. The zero-order valence-corrected chi connectivity index (χ0v) is 13.6. The van der Waals surface area contributed by atoms with Crippen molar-refractivity contribution in [2.75, 3.05) is 31.2 Å². The molecule has 1 aromatic carbocycles. The number of para-hydroxylation sites is 1. The van der Waals surface area contributed by atoms with Crippen molar-refractivity contribution in [3.05, 3.63) is 58.6 Å². The molecule has 0 saturated carbocycles. The van der Waals surface area contributed by atoms with Crippen molar-refractivity contribution in [2.45, 2.75) is 6.61 Å². The van der Waals surface area contributed by atoms with Gasteiger partial charge in [-0.3, -0.25) is 9.78 Å². The molecule has 1 aliphatic rings. The van der Waals surface area contributed by atoms with Crippen molar-refractivity contribution in [3.63, 3.8) is 0 Å². The van der Waals surface area contributed by atoms with E-state index in [1.807, 2.05) is 17.0 Å². The van der Waals surface area contributed by atoms with Crippen LogP contribution in [0.4, 0.5) is 6.01 Å². The van der Waals surface area contributed by atoms with Gasteiger partial charge in [0.15, 0.2) is 11.3 Å². The normalized spacial score (nSPS) is 14.6. The predicted molar refractivity (Wildman–Crippen MR) is 91.9 cm³/mol. The van der Waals surface area contributed by atoms with E-state index in [0.29, 0.717) is 55.6 Å². The molecule has 7 heteroatoms. The first kappa shape index (κ1) is 15.6. The smallest absolute Gasteiger partial charge is 0.301 e. The molecule has 0 unspecified atom stereocenters. The van der Waals surface area contributed by atoms with Gasteiger partial charge in [-0.05, 0) is 18.2 Å². The molecule has 7 nitrogen and oxygen atoms in total. The number of benzene rings is 1. The number of rotatable bonds is 4. The fourth-order valence-electron chi connectivity index (χ4n) is 2.70. The largest absolute Gasteiger partial charge is 0.485 e. The lowest BCUT2D eigenvalue weighted by molar-refractivity contribution is 0.120. The summed E-state index contributed by atoms with van der Waals surface area (Å²) in [7, 11) is 0. The van der Waals surface area contributed by atoms with Gasteiger partial charge in [-0.2, -0.15) is 4.98 Å². The Morgan fingerprint density at radius 3 is 2.84 bits per heavy atom. The van der Waals surface area contributed by atoms with E-state index in [-0.39, 0.29) is 5.56 Å². The molecule has 1 saturated heterocycles. The van der Waals surface area contributed by atoms with Crippen LogP contribution in [0.1, 0.15) is 5.56 Å². The lowest BCUT2D eigenvalue weighted by atomic mass is 10.2. The fraction of sp³-hybridized carbons (Fsp3) is 0.278. The zero-order chi connectivity index (χ0) is 17.1. The van der Waals surface area contributed by atoms with E-state index in [1.165, 1.54) is 0 Å². The Labute approximate surface area is 143 Å². The van der Waals surface area contributed by atoms with Crippen LogP contribution in [0.3, 0.4) is 0 Å². The first-order chi connectivity index (χ1) is 12.3. The minimum absolute atomic E-state index is 0.304. The molecular weight excluding hydrogens is 322 g/mol. The van der Waals surface area contributed by atoms with E-state index < -0.39 is 0 Å². The number of pyridine rings is 1. The van der Waals surface area contributed by atoms with Gasteiger partial charge < -0.3 is 18.8 Å². The van der Waals surface area contributed by atoms with Crippen molar-refractivity contribution in [2.24, 2.45) is 0 Å². The second-order valence-corrected chi connectivity index (χ2v) is 5.68. The maximum absolute atomic E-state index is 12.4. The van der Waals surface area contributed by atoms with Gasteiger partial charge in [0.25, 0.3) is 5.56 Å². The van der Waals surface area contributed by atoms with Crippen LogP contribution in [0.25, 0.3) is 11.0 Å². The number of hydrogen-bond acceptors (Lipinski definition) is 7. The van der Waals surface area contributed by atoms with Gasteiger partial charge in [0.2, 0.25) is 0 Å².